The fraction of sp³-hybridized carbons (Fsp3) is 0.375. The van der Waals surface area contributed by atoms with Crippen molar-refractivity contribution in [3.05, 3.63) is 25.3 Å². The quantitative estimate of drug-likeness (QED) is 0.619. The minimum Gasteiger partial charge on any atom is -0.443 e. The first-order chi connectivity index (χ1) is 5.27. The van der Waals surface area contributed by atoms with Crippen LogP contribution in [0.4, 0.5) is 4.79 Å². The molecule has 3 nitrogen and oxygen atoms in total. The fourth-order valence-electron chi connectivity index (χ4n) is 1.04. The van der Waals surface area contributed by atoms with E-state index in [0.29, 0.717) is 6.42 Å². The lowest BCUT2D eigenvalue weighted by Crippen LogP contribution is -2.28. The monoisotopic (exact) mass is 153 g/mol. The van der Waals surface area contributed by atoms with E-state index in [0.717, 1.165) is 0 Å². The Morgan fingerprint density at radius 3 is 2.91 bits per heavy atom. The van der Waals surface area contributed by atoms with Crippen molar-refractivity contribution in [3.63, 3.8) is 0 Å². The molecule has 1 saturated heterocycles. The SMILES string of the molecule is C=CC[C@@H]1OC(=O)N[C@H]1C=C. The van der Waals surface area contributed by atoms with Crippen molar-refractivity contribution in [3.8, 4) is 0 Å². The van der Waals surface area contributed by atoms with E-state index in [9.17, 15) is 4.79 Å². The molecule has 0 unspecified atom stereocenters. The van der Waals surface area contributed by atoms with E-state index in [-0.39, 0.29) is 18.2 Å². The van der Waals surface area contributed by atoms with Gasteiger partial charge >= 0.3 is 6.09 Å². The molecule has 0 aliphatic carbocycles. The Morgan fingerprint density at radius 2 is 2.36 bits per heavy atom. The van der Waals surface area contributed by atoms with Gasteiger partial charge < -0.3 is 10.1 Å². The zero-order valence-corrected chi connectivity index (χ0v) is 6.25. The molecule has 1 rings (SSSR count). The van der Waals surface area contributed by atoms with Crippen LogP contribution < -0.4 is 5.32 Å². The summed E-state index contributed by atoms with van der Waals surface area (Å²) < 4.78 is 4.91. The molecule has 60 valence electrons. The molecular weight excluding hydrogens is 142 g/mol. The van der Waals surface area contributed by atoms with Gasteiger partial charge in [0.25, 0.3) is 0 Å². The first-order valence-corrected chi connectivity index (χ1v) is 3.48. The summed E-state index contributed by atoms with van der Waals surface area (Å²) in [5.74, 6) is 0. The molecule has 2 atom stereocenters. The fourth-order valence-corrected chi connectivity index (χ4v) is 1.04. The van der Waals surface area contributed by atoms with Gasteiger partial charge in [0.05, 0.1) is 6.04 Å². The van der Waals surface area contributed by atoms with Crippen LogP contribution in [-0.4, -0.2) is 18.2 Å². The Kier molecular flexibility index (Phi) is 2.31. The van der Waals surface area contributed by atoms with Crippen LogP contribution in [0, 0.1) is 0 Å². The number of hydrogen-bond acceptors (Lipinski definition) is 2. The number of cyclic esters (lactones) is 1. The molecule has 3 heteroatoms. The number of carbonyl (C=O) groups is 1. The second kappa shape index (κ2) is 3.23. The molecule has 0 radical (unpaired) electrons. The molecule has 1 N–H and O–H groups in total. The molecule has 0 bridgehead atoms. The molecule has 0 spiro atoms. The lowest BCUT2D eigenvalue weighted by atomic mass is 10.1. The number of rotatable bonds is 3. The highest BCUT2D eigenvalue weighted by atomic mass is 16.6. The Hall–Kier alpha value is -1.25. The molecular formula is C8H11NO2. The average Bonchev–Trinajstić information content (AvgIpc) is 2.32. The zero-order valence-electron chi connectivity index (χ0n) is 6.25. The summed E-state index contributed by atoms with van der Waals surface area (Å²) in [6, 6.07) is -0.0690. The first-order valence-electron chi connectivity index (χ1n) is 3.48. The van der Waals surface area contributed by atoms with Crippen LogP contribution in [0.2, 0.25) is 0 Å². The van der Waals surface area contributed by atoms with E-state index < -0.39 is 0 Å². The van der Waals surface area contributed by atoms with E-state index in [1.165, 1.54) is 0 Å². The lowest BCUT2D eigenvalue weighted by molar-refractivity contribution is 0.137. The Balaban J connectivity index is 2.56. The van der Waals surface area contributed by atoms with E-state index in [2.05, 4.69) is 18.5 Å². The number of alkyl carbamates (subject to hydrolysis) is 1. The topological polar surface area (TPSA) is 38.3 Å². The van der Waals surface area contributed by atoms with Gasteiger partial charge in [-0.1, -0.05) is 12.2 Å². The molecule has 0 aromatic carbocycles. The van der Waals surface area contributed by atoms with Crippen molar-refractivity contribution in [1.82, 2.24) is 5.32 Å². The molecule has 1 amide bonds. The van der Waals surface area contributed by atoms with Crippen LogP contribution in [0.15, 0.2) is 25.3 Å². The van der Waals surface area contributed by atoms with Crippen LogP contribution in [-0.2, 0) is 4.74 Å². The summed E-state index contributed by atoms with van der Waals surface area (Å²) in [5.41, 5.74) is 0. The van der Waals surface area contributed by atoms with Crippen molar-refractivity contribution in [1.29, 1.82) is 0 Å². The number of carbonyl (C=O) groups excluding carboxylic acids is 1. The summed E-state index contributed by atoms with van der Waals surface area (Å²) in [6.45, 7) is 7.15. The van der Waals surface area contributed by atoms with Gasteiger partial charge in [-0.25, -0.2) is 4.79 Å². The van der Waals surface area contributed by atoms with Gasteiger partial charge in [0.15, 0.2) is 0 Å². The maximum Gasteiger partial charge on any atom is 0.408 e. The average molecular weight is 153 g/mol. The van der Waals surface area contributed by atoms with Gasteiger partial charge in [-0.05, 0) is 0 Å². The minimum absolute atomic E-state index is 0.0690. The third-order valence-electron chi connectivity index (χ3n) is 1.60. The standard InChI is InChI=1S/C8H11NO2/c1-3-5-7-6(4-2)9-8(10)11-7/h3-4,6-7H,1-2,5H2,(H,9,10)/t6-,7-/m0/s1. The van der Waals surface area contributed by atoms with E-state index >= 15 is 0 Å². The number of amides is 1. The summed E-state index contributed by atoms with van der Waals surface area (Å²) in [7, 11) is 0. The van der Waals surface area contributed by atoms with E-state index in [4.69, 9.17) is 4.74 Å². The second-order valence-corrected chi connectivity index (χ2v) is 2.37. The predicted octanol–water partition coefficient (Wildman–Crippen LogP) is 1.23. The smallest absolute Gasteiger partial charge is 0.408 e. The van der Waals surface area contributed by atoms with Gasteiger partial charge in [-0.3, -0.25) is 0 Å². The van der Waals surface area contributed by atoms with Crippen molar-refractivity contribution >= 4 is 6.09 Å². The van der Waals surface area contributed by atoms with Gasteiger partial charge in [-0.2, -0.15) is 0 Å². The summed E-state index contributed by atoms with van der Waals surface area (Å²) in [5, 5.41) is 2.61. The molecule has 0 saturated carbocycles. The third-order valence-corrected chi connectivity index (χ3v) is 1.60. The number of hydrogen-bond donors (Lipinski definition) is 1. The molecule has 11 heavy (non-hydrogen) atoms. The van der Waals surface area contributed by atoms with Crippen molar-refractivity contribution in [2.75, 3.05) is 0 Å². The van der Waals surface area contributed by atoms with E-state index in [1.54, 1.807) is 12.2 Å². The van der Waals surface area contributed by atoms with Crippen LogP contribution in [0.3, 0.4) is 0 Å². The van der Waals surface area contributed by atoms with Crippen molar-refractivity contribution < 1.29 is 9.53 Å². The zero-order chi connectivity index (χ0) is 8.27. The Morgan fingerprint density at radius 1 is 1.64 bits per heavy atom. The Labute approximate surface area is 65.7 Å². The van der Waals surface area contributed by atoms with Gasteiger partial charge in [0, 0.05) is 6.42 Å². The van der Waals surface area contributed by atoms with Crippen molar-refractivity contribution in [2.45, 2.75) is 18.6 Å². The predicted molar refractivity (Wildman–Crippen MR) is 42.2 cm³/mol. The van der Waals surface area contributed by atoms with Crippen LogP contribution >= 0.6 is 0 Å². The summed E-state index contributed by atoms with van der Waals surface area (Å²) >= 11 is 0. The highest BCUT2D eigenvalue weighted by Crippen LogP contribution is 2.12. The number of ether oxygens (including phenoxy) is 1. The molecule has 1 fully saturated rings. The van der Waals surface area contributed by atoms with Crippen LogP contribution in [0.5, 0.6) is 0 Å². The number of nitrogens with one attached hydrogen (secondary N) is 1. The highest BCUT2D eigenvalue weighted by molar-refractivity contribution is 5.70. The maximum atomic E-state index is 10.7. The van der Waals surface area contributed by atoms with Crippen LogP contribution in [0.1, 0.15) is 6.42 Å². The van der Waals surface area contributed by atoms with Crippen molar-refractivity contribution in [2.24, 2.45) is 0 Å². The molecule has 0 aromatic rings. The maximum absolute atomic E-state index is 10.7. The Bertz CT molecular complexity index is 189. The largest absolute Gasteiger partial charge is 0.443 e. The molecule has 1 heterocycles. The van der Waals surface area contributed by atoms with Crippen LogP contribution in [0.25, 0.3) is 0 Å². The van der Waals surface area contributed by atoms with Gasteiger partial charge in [-0.15, -0.1) is 13.2 Å². The molecule has 1 aliphatic heterocycles. The minimum atomic E-state index is -0.373. The third kappa shape index (κ3) is 1.61. The summed E-state index contributed by atoms with van der Waals surface area (Å²) in [4.78, 5) is 10.7. The highest BCUT2D eigenvalue weighted by Gasteiger charge is 2.30. The first kappa shape index (κ1) is 7.85. The summed E-state index contributed by atoms with van der Waals surface area (Å²) in [6.07, 6.45) is 3.55. The second-order valence-electron chi connectivity index (χ2n) is 2.37. The van der Waals surface area contributed by atoms with E-state index in [1.807, 2.05) is 0 Å². The molecule has 1 aliphatic rings. The lowest BCUT2D eigenvalue weighted by Gasteiger charge is -2.09. The normalized spacial score (nSPS) is 28.9. The molecule has 0 aromatic heterocycles. The van der Waals surface area contributed by atoms with Gasteiger partial charge in [0.1, 0.15) is 6.10 Å². The van der Waals surface area contributed by atoms with Gasteiger partial charge in [0.2, 0.25) is 0 Å².